The lowest BCUT2D eigenvalue weighted by Gasteiger charge is -2.11. The Bertz CT molecular complexity index is 649. The van der Waals surface area contributed by atoms with Gasteiger partial charge >= 0.3 is 6.03 Å². The Hall–Kier alpha value is -2.89. The first-order valence-corrected chi connectivity index (χ1v) is 7.58. The third-order valence-corrected chi connectivity index (χ3v) is 3.29. The number of benzene rings is 2. The molecule has 6 nitrogen and oxygen atoms in total. The summed E-state index contributed by atoms with van der Waals surface area (Å²) in [6.07, 6.45) is 0. The van der Waals surface area contributed by atoms with Crippen molar-refractivity contribution in [2.75, 3.05) is 32.7 Å². The molecule has 2 aromatic carbocycles. The van der Waals surface area contributed by atoms with E-state index in [1.807, 2.05) is 31.2 Å². The quantitative estimate of drug-likeness (QED) is 0.765. The number of hydrogen-bond acceptors (Lipinski definition) is 4. The minimum Gasteiger partial charge on any atom is -0.496 e. The monoisotopic (exact) mass is 330 g/mol. The van der Waals surface area contributed by atoms with E-state index in [-0.39, 0.29) is 6.03 Å². The standard InChI is InChI=1S/C18H22N2O4/c1-13-4-6-14(7-5-13)20-18(21)19-8-9-24-17-11-15(22-2)10-16(12-17)23-3/h4-7,10-12H,8-9H2,1-3H3,(H2,19,20,21). The second-order valence-electron chi connectivity index (χ2n) is 5.14. The van der Waals surface area contributed by atoms with Crippen molar-refractivity contribution >= 4 is 11.7 Å². The first-order chi connectivity index (χ1) is 11.6. The van der Waals surface area contributed by atoms with Crippen molar-refractivity contribution in [3.05, 3.63) is 48.0 Å². The summed E-state index contributed by atoms with van der Waals surface area (Å²) < 4.78 is 16.0. The zero-order valence-corrected chi connectivity index (χ0v) is 14.1. The van der Waals surface area contributed by atoms with Gasteiger partial charge in [0.25, 0.3) is 0 Å². The summed E-state index contributed by atoms with van der Waals surface area (Å²) >= 11 is 0. The average Bonchev–Trinajstić information content (AvgIpc) is 2.60. The number of anilines is 1. The van der Waals surface area contributed by atoms with E-state index in [0.717, 1.165) is 11.3 Å². The van der Waals surface area contributed by atoms with E-state index >= 15 is 0 Å². The molecule has 0 aliphatic heterocycles. The summed E-state index contributed by atoms with van der Waals surface area (Å²) in [4.78, 5) is 11.8. The number of amides is 2. The molecule has 0 unspecified atom stereocenters. The van der Waals surface area contributed by atoms with Crippen molar-refractivity contribution in [2.24, 2.45) is 0 Å². The van der Waals surface area contributed by atoms with E-state index < -0.39 is 0 Å². The van der Waals surface area contributed by atoms with Crippen LogP contribution < -0.4 is 24.8 Å². The van der Waals surface area contributed by atoms with Crippen molar-refractivity contribution < 1.29 is 19.0 Å². The Morgan fingerprint density at radius 1 is 0.958 bits per heavy atom. The minimum absolute atomic E-state index is 0.273. The molecule has 0 aliphatic rings. The maximum absolute atomic E-state index is 11.8. The molecule has 0 spiro atoms. The Morgan fingerprint density at radius 3 is 2.12 bits per heavy atom. The van der Waals surface area contributed by atoms with Crippen LogP contribution in [-0.4, -0.2) is 33.4 Å². The van der Waals surface area contributed by atoms with Crippen molar-refractivity contribution in [3.63, 3.8) is 0 Å². The molecule has 0 saturated carbocycles. The van der Waals surface area contributed by atoms with Gasteiger partial charge < -0.3 is 24.8 Å². The normalized spacial score (nSPS) is 9.96. The van der Waals surface area contributed by atoms with E-state index in [4.69, 9.17) is 14.2 Å². The van der Waals surface area contributed by atoms with E-state index in [9.17, 15) is 4.79 Å². The summed E-state index contributed by atoms with van der Waals surface area (Å²) in [6.45, 7) is 2.70. The maximum atomic E-state index is 11.8. The lowest BCUT2D eigenvalue weighted by atomic mass is 10.2. The Morgan fingerprint density at radius 2 is 1.54 bits per heavy atom. The first kappa shape index (κ1) is 17.5. The van der Waals surface area contributed by atoms with Crippen LogP contribution >= 0.6 is 0 Å². The van der Waals surface area contributed by atoms with Crippen molar-refractivity contribution in [2.45, 2.75) is 6.92 Å². The van der Waals surface area contributed by atoms with Gasteiger partial charge in [-0.15, -0.1) is 0 Å². The van der Waals surface area contributed by atoms with Crippen LogP contribution in [0, 0.1) is 6.92 Å². The van der Waals surface area contributed by atoms with Crippen LogP contribution in [-0.2, 0) is 0 Å². The maximum Gasteiger partial charge on any atom is 0.319 e. The van der Waals surface area contributed by atoms with Crippen molar-refractivity contribution in [3.8, 4) is 17.2 Å². The number of hydrogen-bond donors (Lipinski definition) is 2. The van der Waals surface area contributed by atoms with E-state index in [1.54, 1.807) is 32.4 Å². The molecule has 0 radical (unpaired) electrons. The number of carbonyl (C=O) groups excluding carboxylic acids is 1. The zero-order chi connectivity index (χ0) is 17.4. The van der Waals surface area contributed by atoms with Gasteiger partial charge in [0.15, 0.2) is 0 Å². The summed E-state index contributed by atoms with van der Waals surface area (Å²) in [6, 6.07) is 12.6. The van der Waals surface area contributed by atoms with Crippen LogP contribution in [0.25, 0.3) is 0 Å². The summed E-state index contributed by atoms with van der Waals surface area (Å²) in [5.74, 6) is 1.91. The fourth-order valence-electron chi connectivity index (χ4n) is 2.01. The second-order valence-corrected chi connectivity index (χ2v) is 5.14. The van der Waals surface area contributed by atoms with Crippen LogP contribution in [0.4, 0.5) is 10.5 Å². The summed E-state index contributed by atoms with van der Waals surface area (Å²) in [7, 11) is 3.16. The molecule has 2 rings (SSSR count). The van der Waals surface area contributed by atoms with Crippen molar-refractivity contribution in [1.82, 2.24) is 5.32 Å². The number of methoxy groups -OCH3 is 2. The Balaban J connectivity index is 1.76. The molecule has 6 heteroatoms. The van der Waals surface area contributed by atoms with Crippen LogP contribution in [0.5, 0.6) is 17.2 Å². The average molecular weight is 330 g/mol. The molecule has 0 saturated heterocycles. The first-order valence-electron chi connectivity index (χ1n) is 7.58. The van der Waals surface area contributed by atoms with Gasteiger partial charge in [0.1, 0.15) is 23.9 Å². The number of carbonyl (C=O) groups is 1. The van der Waals surface area contributed by atoms with E-state index in [2.05, 4.69) is 10.6 Å². The fraction of sp³-hybridized carbons (Fsp3) is 0.278. The highest BCUT2D eigenvalue weighted by molar-refractivity contribution is 5.89. The molecular formula is C18H22N2O4. The van der Waals surface area contributed by atoms with Crippen LogP contribution in [0.15, 0.2) is 42.5 Å². The smallest absolute Gasteiger partial charge is 0.319 e. The lowest BCUT2D eigenvalue weighted by molar-refractivity contribution is 0.247. The summed E-state index contributed by atoms with van der Waals surface area (Å²) in [5, 5.41) is 5.49. The molecule has 0 aliphatic carbocycles. The lowest BCUT2D eigenvalue weighted by Crippen LogP contribution is -2.32. The van der Waals surface area contributed by atoms with Crippen LogP contribution in [0.2, 0.25) is 0 Å². The van der Waals surface area contributed by atoms with E-state index in [0.29, 0.717) is 30.4 Å². The molecule has 0 aromatic heterocycles. The van der Waals surface area contributed by atoms with Gasteiger partial charge in [0, 0.05) is 23.9 Å². The molecule has 0 atom stereocenters. The fourth-order valence-corrected chi connectivity index (χ4v) is 2.01. The minimum atomic E-state index is -0.273. The van der Waals surface area contributed by atoms with Gasteiger partial charge in [-0.3, -0.25) is 0 Å². The molecule has 2 N–H and O–H groups in total. The third kappa shape index (κ3) is 5.39. The number of ether oxygens (including phenoxy) is 3. The molecule has 0 bridgehead atoms. The molecular weight excluding hydrogens is 308 g/mol. The molecule has 24 heavy (non-hydrogen) atoms. The number of nitrogens with one attached hydrogen (secondary N) is 2. The van der Waals surface area contributed by atoms with Gasteiger partial charge in [-0.25, -0.2) is 4.79 Å². The van der Waals surface area contributed by atoms with Crippen molar-refractivity contribution in [1.29, 1.82) is 0 Å². The van der Waals surface area contributed by atoms with Gasteiger partial charge in [-0.1, -0.05) is 17.7 Å². The molecule has 0 heterocycles. The highest BCUT2D eigenvalue weighted by Crippen LogP contribution is 2.27. The molecule has 2 aromatic rings. The zero-order valence-electron chi connectivity index (χ0n) is 14.1. The van der Waals surface area contributed by atoms with E-state index in [1.165, 1.54) is 0 Å². The third-order valence-electron chi connectivity index (χ3n) is 3.29. The predicted octanol–water partition coefficient (Wildman–Crippen LogP) is 3.21. The molecule has 128 valence electrons. The summed E-state index contributed by atoms with van der Waals surface area (Å²) in [5.41, 5.74) is 1.89. The van der Waals surface area contributed by atoms with Gasteiger partial charge in [0.05, 0.1) is 20.8 Å². The van der Waals surface area contributed by atoms with Crippen LogP contribution in [0.1, 0.15) is 5.56 Å². The molecule has 2 amide bonds. The largest absolute Gasteiger partial charge is 0.496 e. The Kier molecular flexibility index (Phi) is 6.31. The second kappa shape index (κ2) is 8.67. The Labute approximate surface area is 141 Å². The number of aryl methyl sites for hydroxylation is 1. The van der Waals surface area contributed by atoms with Gasteiger partial charge in [0.2, 0.25) is 0 Å². The number of rotatable bonds is 7. The highest BCUT2D eigenvalue weighted by Gasteiger charge is 2.04. The highest BCUT2D eigenvalue weighted by atomic mass is 16.5. The van der Waals surface area contributed by atoms with Crippen LogP contribution in [0.3, 0.4) is 0 Å². The van der Waals surface area contributed by atoms with Gasteiger partial charge in [-0.05, 0) is 19.1 Å². The SMILES string of the molecule is COc1cc(OC)cc(OCCNC(=O)Nc2ccc(C)cc2)c1. The predicted molar refractivity (Wildman–Crippen MR) is 93.2 cm³/mol. The topological polar surface area (TPSA) is 68.8 Å². The van der Waals surface area contributed by atoms with Gasteiger partial charge in [-0.2, -0.15) is 0 Å². The number of urea groups is 1. The molecule has 0 fully saturated rings.